The maximum absolute atomic E-state index is 13.2. The molecule has 15 N–H and O–H groups in total. The molecule has 0 aromatic carbocycles. The van der Waals surface area contributed by atoms with Crippen LogP contribution in [-0.2, 0) is 38.4 Å². The van der Waals surface area contributed by atoms with E-state index in [0.717, 1.165) is 11.8 Å². The van der Waals surface area contributed by atoms with Crippen LogP contribution in [0.25, 0.3) is 0 Å². The molecule has 1 rings (SSSR count). The van der Waals surface area contributed by atoms with Crippen molar-refractivity contribution in [3.63, 3.8) is 0 Å². The summed E-state index contributed by atoms with van der Waals surface area (Å²) in [5.74, 6) is -9.15. The summed E-state index contributed by atoms with van der Waals surface area (Å²) >= 11 is 0. The van der Waals surface area contributed by atoms with Crippen LogP contribution in [-0.4, -0.2) is 164 Å². The van der Waals surface area contributed by atoms with E-state index in [4.69, 9.17) is 16.6 Å². The Kier molecular flexibility index (Phi) is 19.5. The lowest BCUT2D eigenvalue weighted by Gasteiger charge is -2.30. The number of hydrogen-bond acceptors (Lipinski definition) is 14. The number of aliphatic carboxylic acids is 2. The van der Waals surface area contributed by atoms with Gasteiger partial charge in [-0.05, 0) is 45.6 Å². The summed E-state index contributed by atoms with van der Waals surface area (Å²) in [6, 6.07) is -10.9. The monoisotopic (exact) mass is 734 g/mol. The number of hydrogen-bond donors (Lipinski definition) is 13. The lowest BCUT2D eigenvalue weighted by Crippen LogP contribution is -2.62. The molecule has 22 nitrogen and oxygen atoms in total. The lowest BCUT2D eigenvalue weighted by molar-refractivity contribution is -0.151. The molecule has 1 saturated heterocycles. The molecule has 0 aromatic heterocycles. The van der Waals surface area contributed by atoms with E-state index in [0.29, 0.717) is 25.8 Å². The van der Waals surface area contributed by atoms with Crippen molar-refractivity contribution in [2.45, 2.75) is 100 Å². The molecule has 0 spiro atoms. The first-order valence-corrected chi connectivity index (χ1v) is 16.3. The average molecular weight is 735 g/mol. The van der Waals surface area contributed by atoms with E-state index in [1.54, 1.807) is 0 Å². The molecular formula is C29H50N8O14. The van der Waals surface area contributed by atoms with Gasteiger partial charge in [0.15, 0.2) is 0 Å². The van der Waals surface area contributed by atoms with E-state index in [-0.39, 0.29) is 19.4 Å². The van der Waals surface area contributed by atoms with E-state index in [1.165, 1.54) is 0 Å². The van der Waals surface area contributed by atoms with Crippen LogP contribution in [0.5, 0.6) is 0 Å². The lowest BCUT2D eigenvalue weighted by atomic mass is 10.1. The Labute approximate surface area is 292 Å². The largest absolute Gasteiger partial charge is 0.481 e. The number of aliphatic hydroxyl groups is 4. The Morgan fingerprint density at radius 1 is 0.725 bits per heavy atom. The van der Waals surface area contributed by atoms with Crippen molar-refractivity contribution in [1.29, 1.82) is 0 Å². The number of carbonyl (C=O) groups is 8. The summed E-state index contributed by atoms with van der Waals surface area (Å²) < 4.78 is 0. The second kappa shape index (κ2) is 22.4. The van der Waals surface area contributed by atoms with Crippen molar-refractivity contribution in [2.75, 3.05) is 32.9 Å². The third-order valence-corrected chi connectivity index (χ3v) is 7.90. The molecule has 290 valence electrons. The molecule has 1 heterocycles. The number of aliphatic hydroxyl groups excluding tert-OH is 4. The van der Waals surface area contributed by atoms with Gasteiger partial charge in [-0.15, -0.1) is 0 Å². The van der Waals surface area contributed by atoms with Gasteiger partial charge >= 0.3 is 11.9 Å². The van der Waals surface area contributed by atoms with Crippen LogP contribution in [0, 0.1) is 0 Å². The topological polar surface area (TPSA) is 373 Å². The molecule has 0 saturated carbocycles. The molecular weight excluding hydrogens is 684 g/mol. The van der Waals surface area contributed by atoms with Gasteiger partial charge in [0, 0.05) is 13.0 Å². The molecule has 0 aliphatic carbocycles. The number of carboxylic acids is 2. The van der Waals surface area contributed by atoms with E-state index in [9.17, 15) is 63.9 Å². The number of nitrogens with two attached hydrogens (primary N) is 2. The molecule has 8 atom stereocenters. The maximum Gasteiger partial charge on any atom is 0.326 e. The van der Waals surface area contributed by atoms with Gasteiger partial charge in [0.25, 0.3) is 0 Å². The maximum atomic E-state index is 13.2. The standard InChI is InChI=1S/C29H50N8O14/c1-14(41)22(28(49)37-10-4-6-20(37)29(50)51)36-27(48)19(13-40)34-24(45)16(7-8-21(42)43)32-25(46)18(12-39)35-26(47)17(11-38)33-23(44)15(31)5-2-3-9-30/h14-20,22,38-41H,2-13,30-31H2,1H3,(H,32,46)(H,33,44)(H,34,45)(H,35,47)(H,36,48)(H,42,43)(H,50,51)/t14-,15+,16+,17+,18+,19+,20+,22+/m1/s1. The van der Waals surface area contributed by atoms with Gasteiger partial charge in [-0.1, -0.05) is 6.42 Å². The number of nitrogens with zero attached hydrogens (tertiary/aromatic N) is 1. The highest BCUT2D eigenvalue weighted by atomic mass is 16.4. The van der Waals surface area contributed by atoms with Crippen molar-refractivity contribution < 1.29 is 69.0 Å². The molecule has 0 unspecified atom stereocenters. The number of amides is 6. The normalized spacial score (nSPS) is 18.2. The summed E-state index contributed by atoms with van der Waals surface area (Å²) in [7, 11) is 0. The van der Waals surface area contributed by atoms with Crippen LogP contribution < -0.4 is 38.1 Å². The zero-order chi connectivity index (χ0) is 38.8. The zero-order valence-electron chi connectivity index (χ0n) is 28.2. The van der Waals surface area contributed by atoms with Gasteiger partial charge < -0.3 is 73.6 Å². The molecule has 0 aromatic rings. The van der Waals surface area contributed by atoms with Crippen LogP contribution in [0.3, 0.4) is 0 Å². The third-order valence-electron chi connectivity index (χ3n) is 7.90. The first kappa shape index (κ1) is 44.5. The fourth-order valence-electron chi connectivity index (χ4n) is 4.96. The molecule has 22 heteroatoms. The van der Waals surface area contributed by atoms with Crippen molar-refractivity contribution in [1.82, 2.24) is 31.5 Å². The summed E-state index contributed by atoms with van der Waals surface area (Å²) in [5.41, 5.74) is 11.2. The highest BCUT2D eigenvalue weighted by Gasteiger charge is 2.40. The van der Waals surface area contributed by atoms with Gasteiger partial charge in [-0.2, -0.15) is 0 Å². The minimum atomic E-state index is -1.83. The van der Waals surface area contributed by atoms with Crippen LogP contribution in [0.4, 0.5) is 0 Å². The Hall–Kier alpha value is -4.48. The van der Waals surface area contributed by atoms with Crippen molar-refractivity contribution in [3.8, 4) is 0 Å². The molecule has 0 bridgehead atoms. The van der Waals surface area contributed by atoms with E-state index < -0.39 is 128 Å². The summed E-state index contributed by atoms with van der Waals surface area (Å²) in [6.45, 7) is -1.52. The van der Waals surface area contributed by atoms with E-state index in [2.05, 4.69) is 26.6 Å². The zero-order valence-corrected chi connectivity index (χ0v) is 28.2. The highest BCUT2D eigenvalue weighted by molar-refractivity contribution is 5.97. The van der Waals surface area contributed by atoms with Crippen molar-refractivity contribution in [2.24, 2.45) is 11.5 Å². The van der Waals surface area contributed by atoms with Gasteiger partial charge in [0.2, 0.25) is 35.4 Å². The minimum absolute atomic E-state index is 0.0361. The Morgan fingerprint density at radius 2 is 1.20 bits per heavy atom. The van der Waals surface area contributed by atoms with Crippen LogP contribution in [0.1, 0.15) is 51.9 Å². The molecule has 6 amide bonds. The SMILES string of the molecule is C[C@@H](O)[C@H](NC(=O)[C@H](CO)NC(=O)[C@H](CCC(=O)O)NC(=O)[C@H](CO)NC(=O)[C@H](CO)NC(=O)[C@@H](N)CCCCN)C(=O)N1CCC[C@H]1C(=O)O. The van der Waals surface area contributed by atoms with E-state index in [1.807, 2.05) is 0 Å². The fraction of sp³-hybridized carbons (Fsp3) is 0.724. The fourth-order valence-corrected chi connectivity index (χ4v) is 4.96. The number of rotatable bonds is 23. The number of unbranched alkanes of at least 4 members (excludes halogenated alkanes) is 1. The highest BCUT2D eigenvalue weighted by Crippen LogP contribution is 2.19. The van der Waals surface area contributed by atoms with Gasteiger partial charge in [0.1, 0.15) is 36.3 Å². The van der Waals surface area contributed by atoms with Crippen LogP contribution >= 0.6 is 0 Å². The number of likely N-dealkylation sites (tertiary alicyclic amines) is 1. The van der Waals surface area contributed by atoms with Crippen molar-refractivity contribution in [3.05, 3.63) is 0 Å². The first-order valence-electron chi connectivity index (χ1n) is 16.3. The second-order valence-corrected chi connectivity index (χ2v) is 11.9. The summed E-state index contributed by atoms with van der Waals surface area (Å²) in [5, 5.41) is 68.8. The molecule has 1 fully saturated rings. The van der Waals surface area contributed by atoms with Crippen molar-refractivity contribution >= 4 is 47.4 Å². The third kappa shape index (κ3) is 14.3. The predicted molar refractivity (Wildman–Crippen MR) is 173 cm³/mol. The molecule has 1 aliphatic heterocycles. The molecule has 1 aliphatic rings. The smallest absolute Gasteiger partial charge is 0.326 e. The van der Waals surface area contributed by atoms with Gasteiger partial charge in [-0.25, -0.2) is 4.79 Å². The average Bonchev–Trinajstić information content (AvgIpc) is 3.58. The quantitative estimate of drug-likeness (QED) is 0.0434. The Bertz CT molecular complexity index is 1240. The predicted octanol–water partition coefficient (Wildman–Crippen LogP) is -6.84. The van der Waals surface area contributed by atoms with E-state index >= 15 is 0 Å². The molecule has 0 radical (unpaired) electrons. The minimum Gasteiger partial charge on any atom is -0.481 e. The summed E-state index contributed by atoms with van der Waals surface area (Å²) in [6.07, 6.45) is -0.993. The first-order chi connectivity index (χ1) is 24.0. The van der Waals surface area contributed by atoms with Crippen LogP contribution in [0.15, 0.2) is 0 Å². The Morgan fingerprint density at radius 3 is 1.65 bits per heavy atom. The Balaban J connectivity index is 3.02. The summed E-state index contributed by atoms with van der Waals surface area (Å²) in [4.78, 5) is 101. The number of nitrogens with one attached hydrogen (secondary N) is 5. The van der Waals surface area contributed by atoms with Crippen LogP contribution in [0.2, 0.25) is 0 Å². The molecule has 51 heavy (non-hydrogen) atoms. The number of carboxylic acid groups (broad SMARTS) is 2. The second-order valence-electron chi connectivity index (χ2n) is 11.9. The van der Waals surface area contributed by atoms with Gasteiger partial charge in [-0.3, -0.25) is 33.6 Å². The number of carbonyl (C=O) groups excluding carboxylic acids is 6. The van der Waals surface area contributed by atoms with Gasteiger partial charge in [0.05, 0.1) is 32.0 Å².